The molecule has 0 radical (unpaired) electrons. The molecule has 0 bridgehead atoms. The molecule has 0 aliphatic heterocycles. The van der Waals surface area contributed by atoms with Crippen LogP contribution in [0, 0.1) is 6.92 Å². The van der Waals surface area contributed by atoms with E-state index in [4.69, 9.17) is 4.98 Å². The zero-order valence-corrected chi connectivity index (χ0v) is 11.1. The summed E-state index contributed by atoms with van der Waals surface area (Å²) in [4.78, 5) is 4.79. The maximum Gasteiger partial charge on any atom is 0.0705 e. The highest BCUT2D eigenvalue weighted by Crippen LogP contribution is 2.17. The molecule has 0 aliphatic carbocycles. The van der Waals surface area contributed by atoms with Crippen molar-refractivity contribution in [1.82, 2.24) is 4.98 Å². The molecule has 1 nitrogen and oxygen atoms in total. The molecule has 1 heterocycles. The molecule has 0 aliphatic rings. The summed E-state index contributed by atoms with van der Waals surface area (Å²) in [6, 6.07) is 21.2. The summed E-state index contributed by atoms with van der Waals surface area (Å²) in [5.74, 6) is 0. The van der Waals surface area contributed by atoms with Gasteiger partial charge in [-0.05, 0) is 43.0 Å². The van der Waals surface area contributed by atoms with Crippen molar-refractivity contribution in [3.63, 3.8) is 0 Å². The predicted molar refractivity (Wildman–Crippen MR) is 80.3 cm³/mol. The van der Waals surface area contributed by atoms with Gasteiger partial charge in [0.1, 0.15) is 0 Å². The number of hydrogen-bond acceptors (Lipinski definition) is 1. The molecule has 0 amide bonds. The summed E-state index contributed by atoms with van der Waals surface area (Å²) in [6.07, 6.45) is 2.05. The van der Waals surface area contributed by atoms with Crippen molar-refractivity contribution in [2.45, 2.75) is 19.8 Å². The van der Waals surface area contributed by atoms with Crippen LogP contribution < -0.4 is 0 Å². The van der Waals surface area contributed by atoms with Crippen molar-refractivity contribution in [1.29, 1.82) is 0 Å². The Labute approximate surface area is 113 Å². The minimum atomic E-state index is 1.00. The molecule has 0 unspecified atom stereocenters. The van der Waals surface area contributed by atoms with Crippen LogP contribution in [0.25, 0.3) is 10.9 Å². The number of nitrogens with zero attached hydrogens (tertiary/aromatic N) is 1. The van der Waals surface area contributed by atoms with Gasteiger partial charge in [0.2, 0.25) is 0 Å². The normalized spacial score (nSPS) is 10.8. The van der Waals surface area contributed by atoms with Crippen LogP contribution in [0.15, 0.2) is 60.7 Å². The Morgan fingerprint density at radius 2 is 1.58 bits per heavy atom. The van der Waals surface area contributed by atoms with Crippen LogP contribution in [0.3, 0.4) is 0 Å². The lowest BCUT2D eigenvalue weighted by atomic mass is 10.0. The van der Waals surface area contributed by atoms with Gasteiger partial charge in [-0.1, -0.05) is 48.5 Å². The van der Waals surface area contributed by atoms with Crippen molar-refractivity contribution < 1.29 is 0 Å². The first-order valence-corrected chi connectivity index (χ1v) is 6.72. The number of pyridine rings is 1. The van der Waals surface area contributed by atoms with Gasteiger partial charge in [-0.2, -0.15) is 0 Å². The van der Waals surface area contributed by atoms with Crippen LogP contribution in [0.2, 0.25) is 0 Å². The summed E-state index contributed by atoms with van der Waals surface area (Å²) in [5.41, 5.74) is 4.96. The molecule has 0 spiro atoms. The van der Waals surface area contributed by atoms with Crippen molar-refractivity contribution in [3.05, 3.63) is 77.5 Å². The van der Waals surface area contributed by atoms with Gasteiger partial charge in [0.25, 0.3) is 0 Å². The van der Waals surface area contributed by atoms with Gasteiger partial charge in [0.05, 0.1) is 5.52 Å². The third-order valence-corrected chi connectivity index (χ3v) is 3.51. The van der Waals surface area contributed by atoms with Gasteiger partial charge >= 0.3 is 0 Å². The minimum absolute atomic E-state index is 1.00. The van der Waals surface area contributed by atoms with Gasteiger partial charge in [-0.3, -0.25) is 4.98 Å². The van der Waals surface area contributed by atoms with E-state index in [1.807, 2.05) is 6.07 Å². The highest BCUT2D eigenvalue weighted by Gasteiger charge is 2.03. The predicted octanol–water partition coefficient (Wildman–Crippen LogP) is 4.33. The van der Waals surface area contributed by atoms with E-state index >= 15 is 0 Å². The molecule has 0 saturated carbocycles. The Balaban J connectivity index is 1.86. The summed E-state index contributed by atoms with van der Waals surface area (Å²) >= 11 is 0. The fourth-order valence-electron chi connectivity index (χ4n) is 2.42. The quantitative estimate of drug-likeness (QED) is 0.671. The van der Waals surface area contributed by atoms with Crippen LogP contribution in [0.5, 0.6) is 0 Å². The van der Waals surface area contributed by atoms with Crippen molar-refractivity contribution in [2.75, 3.05) is 0 Å². The smallest absolute Gasteiger partial charge is 0.0705 e. The highest BCUT2D eigenvalue weighted by atomic mass is 14.7. The van der Waals surface area contributed by atoms with E-state index in [1.165, 1.54) is 22.2 Å². The fraction of sp³-hybridized carbons (Fsp3) is 0.167. The van der Waals surface area contributed by atoms with Crippen molar-refractivity contribution in [2.24, 2.45) is 0 Å². The number of benzene rings is 2. The first-order chi connectivity index (χ1) is 9.33. The summed E-state index contributed by atoms with van der Waals surface area (Å²) < 4.78 is 0. The second-order valence-electron chi connectivity index (χ2n) is 4.93. The second kappa shape index (κ2) is 5.23. The third kappa shape index (κ3) is 2.65. The van der Waals surface area contributed by atoms with E-state index in [0.29, 0.717) is 0 Å². The van der Waals surface area contributed by atoms with Gasteiger partial charge in [0.15, 0.2) is 0 Å². The van der Waals surface area contributed by atoms with Crippen LogP contribution >= 0.6 is 0 Å². The van der Waals surface area contributed by atoms with Gasteiger partial charge < -0.3 is 0 Å². The molecule has 1 heteroatoms. The number of hydrogen-bond donors (Lipinski definition) is 0. The van der Waals surface area contributed by atoms with Crippen LogP contribution in [-0.4, -0.2) is 4.98 Å². The lowest BCUT2D eigenvalue weighted by Gasteiger charge is -2.07. The standard InChI is InChI=1S/C18H17N/c1-14-13-16-9-5-6-10-18(16)19-17(14)12-11-15-7-3-2-4-8-15/h2-10,13H,11-12H2,1H3. The zero-order valence-electron chi connectivity index (χ0n) is 11.1. The van der Waals surface area contributed by atoms with Crippen LogP contribution in [0.4, 0.5) is 0 Å². The average Bonchev–Trinajstić information content (AvgIpc) is 2.46. The van der Waals surface area contributed by atoms with Crippen molar-refractivity contribution in [3.8, 4) is 0 Å². The Morgan fingerprint density at radius 1 is 0.842 bits per heavy atom. The topological polar surface area (TPSA) is 12.9 Å². The van der Waals surface area contributed by atoms with E-state index in [-0.39, 0.29) is 0 Å². The molecule has 3 rings (SSSR count). The summed E-state index contributed by atoms with van der Waals surface area (Å²) in [5, 5.41) is 1.23. The fourth-order valence-corrected chi connectivity index (χ4v) is 2.42. The molecular formula is C18H17N. The molecule has 2 aromatic carbocycles. The minimum Gasteiger partial charge on any atom is -0.253 e. The number of fused-ring (bicyclic) bond motifs is 1. The van der Waals surface area contributed by atoms with E-state index in [0.717, 1.165) is 18.4 Å². The van der Waals surface area contributed by atoms with Crippen LogP contribution in [0.1, 0.15) is 16.8 Å². The Kier molecular flexibility index (Phi) is 3.28. The molecule has 3 aromatic rings. The average molecular weight is 247 g/mol. The SMILES string of the molecule is Cc1cc2ccccc2nc1CCc1ccccc1. The molecule has 0 saturated heterocycles. The maximum absolute atomic E-state index is 4.79. The largest absolute Gasteiger partial charge is 0.253 e. The third-order valence-electron chi connectivity index (χ3n) is 3.51. The Hall–Kier alpha value is -2.15. The van der Waals surface area contributed by atoms with Crippen molar-refractivity contribution >= 4 is 10.9 Å². The zero-order chi connectivity index (χ0) is 13.1. The Bertz CT molecular complexity index is 686. The maximum atomic E-state index is 4.79. The summed E-state index contributed by atoms with van der Waals surface area (Å²) in [7, 11) is 0. The van der Waals surface area contributed by atoms with Gasteiger partial charge in [0, 0.05) is 11.1 Å². The number of para-hydroxylation sites is 1. The number of rotatable bonds is 3. The highest BCUT2D eigenvalue weighted by molar-refractivity contribution is 5.79. The molecule has 0 fully saturated rings. The molecule has 1 aromatic heterocycles. The van der Waals surface area contributed by atoms with Crippen LogP contribution in [-0.2, 0) is 12.8 Å². The molecule has 0 atom stereocenters. The monoisotopic (exact) mass is 247 g/mol. The molecular weight excluding hydrogens is 230 g/mol. The first kappa shape index (κ1) is 11.9. The molecule has 0 N–H and O–H groups in total. The molecule has 19 heavy (non-hydrogen) atoms. The number of aromatic nitrogens is 1. The van der Waals surface area contributed by atoms with E-state index in [2.05, 4.69) is 61.5 Å². The number of aryl methyl sites for hydroxylation is 3. The summed E-state index contributed by atoms with van der Waals surface area (Å²) in [6.45, 7) is 2.15. The van der Waals surface area contributed by atoms with Gasteiger partial charge in [-0.15, -0.1) is 0 Å². The second-order valence-corrected chi connectivity index (χ2v) is 4.93. The Morgan fingerprint density at radius 3 is 2.42 bits per heavy atom. The van der Waals surface area contributed by atoms with E-state index < -0.39 is 0 Å². The lowest BCUT2D eigenvalue weighted by Crippen LogP contribution is -1.98. The molecule has 94 valence electrons. The lowest BCUT2D eigenvalue weighted by molar-refractivity contribution is 0.910. The van der Waals surface area contributed by atoms with Gasteiger partial charge in [-0.25, -0.2) is 0 Å². The van der Waals surface area contributed by atoms with E-state index in [1.54, 1.807) is 0 Å². The first-order valence-electron chi connectivity index (χ1n) is 6.72. The van der Waals surface area contributed by atoms with E-state index in [9.17, 15) is 0 Å².